The molecule has 0 saturated carbocycles. The van der Waals surface area contributed by atoms with Crippen LogP contribution in [0.2, 0.25) is 0 Å². The zero-order valence-electron chi connectivity index (χ0n) is 11.3. The topological polar surface area (TPSA) is 44.1 Å². The summed E-state index contributed by atoms with van der Waals surface area (Å²) in [5.74, 6) is -0.596. The van der Waals surface area contributed by atoms with Crippen molar-refractivity contribution >= 4 is 21.8 Å². The summed E-state index contributed by atoms with van der Waals surface area (Å²) in [6.45, 7) is 0.416. The maximum atomic E-state index is 13.2. The van der Waals surface area contributed by atoms with Crippen molar-refractivity contribution in [2.75, 3.05) is 7.05 Å². The van der Waals surface area contributed by atoms with Gasteiger partial charge in [-0.15, -0.1) is 0 Å². The lowest BCUT2D eigenvalue weighted by molar-refractivity contribution is 0.0785. The molecule has 0 aliphatic carbocycles. The molecule has 0 N–H and O–H groups in total. The van der Waals surface area contributed by atoms with Crippen LogP contribution >= 0.6 is 15.9 Å². The summed E-state index contributed by atoms with van der Waals surface area (Å²) < 4.78 is 13.4. The first-order valence-corrected chi connectivity index (χ1v) is 7.00. The van der Waals surface area contributed by atoms with Crippen molar-refractivity contribution in [2.45, 2.75) is 6.54 Å². The Morgan fingerprint density at radius 3 is 2.52 bits per heavy atom. The van der Waals surface area contributed by atoms with Crippen molar-refractivity contribution < 1.29 is 9.18 Å². The molecule has 0 heterocycles. The Labute approximate surface area is 130 Å². The van der Waals surface area contributed by atoms with Gasteiger partial charge in [-0.05, 0) is 51.8 Å². The number of hydrogen-bond donors (Lipinski definition) is 0. The van der Waals surface area contributed by atoms with E-state index < -0.39 is 5.82 Å². The summed E-state index contributed by atoms with van der Waals surface area (Å²) in [4.78, 5) is 13.8. The van der Waals surface area contributed by atoms with Crippen LogP contribution in [0.4, 0.5) is 4.39 Å². The van der Waals surface area contributed by atoms with E-state index in [0.29, 0.717) is 17.7 Å². The fraction of sp³-hybridized carbons (Fsp3) is 0.125. The van der Waals surface area contributed by atoms with E-state index in [1.165, 1.54) is 18.2 Å². The van der Waals surface area contributed by atoms with Gasteiger partial charge in [0.15, 0.2) is 0 Å². The van der Waals surface area contributed by atoms with Crippen LogP contribution in [0.1, 0.15) is 21.5 Å². The molecule has 2 aromatic carbocycles. The van der Waals surface area contributed by atoms with Crippen molar-refractivity contribution in [2.24, 2.45) is 0 Å². The molecule has 0 radical (unpaired) electrons. The summed E-state index contributed by atoms with van der Waals surface area (Å²) in [7, 11) is 1.68. The molecule has 3 nitrogen and oxygen atoms in total. The molecule has 0 saturated heterocycles. The Balaban J connectivity index is 2.11. The summed E-state index contributed by atoms with van der Waals surface area (Å²) in [6, 6.07) is 13.3. The third kappa shape index (κ3) is 3.67. The molecule has 21 heavy (non-hydrogen) atoms. The van der Waals surface area contributed by atoms with E-state index in [2.05, 4.69) is 15.9 Å². The number of carbonyl (C=O) groups is 1. The highest BCUT2D eigenvalue weighted by molar-refractivity contribution is 9.10. The van der Waals surface area contributed by atoms with Gasteiger partial charge in [-0.1, -0.05) is 12.1 Å². The number of nitrogens with zero attached hydrogens (tertiary/aromatic N) is 2. The molecular weight excluding hydrogens is 335 g/mol. The minimum Gasteiger partial charge on any atom is -0.337 e. The predicted octanol–water partition coefficient (Wildman–Crippen LogP) is 3.73. The van der Waals surface area contributed by atoms with Crippen LogP contribution in [0.5, 0.6) is 0 Å². The first-order valence-electron chi connectivity index (χ1n) is 6.21. The van der Waals surface area contributed by atoms with Crippen LogP contribution in [0, 0.1) is 17.1 Å². The molecule has 0 bridgehead atoms. The summed E-state index contributed by atoms with van der Waals surface area (Å²) >= 11 is 3.07. The average Bonchev–Trinajstić information content (AvgIpc) is 2.50. The Hall–Kier alpha value is -2.19. The van der Waals surface area contributed by atoms with Crippen LogP contribution in [0.3, 0.4) is 0 Å². The van der Waals surface area contributed by atoms with Crippen molar-refractivity contribution in [3.63, 3.8) is 0 Å². The number of halogens is 2. The third-order valence-corrected chi connectivity index (χ3v) is 3.62. The zero-order chi connectivity index (χ0) is 15.4. The molecule has 0 fully saturated rings. The van der Waals surface area contributed by atoms with Gasteiger partial charge in [0.1, 0.15) is 5.82 Å². The van der Waals surface area contributed by atoms with E-state index in [9.17, 15) is 9.18 Å². The number of nitriles is 1. The highest BCUT2D eigenvalue weighted by Crippen LogP contribution is 2.18. The molecule has 0 aromatic heterocycles. The van der Waals surface area contributed by atoms with Gasteiger partial charge < -0.3 is 4.90 Å². The number of carbonyl (C=O) groups excluding carboxylic acids is 1. The van der Waals surface area contributed by atoms with Gasteiger partial charge in [0.2, 0.25) is 0 Å². The number of hydrogen-bond acceptors (Lipinski definition) is 2. The minimum absolute atomic E-state index is 0.194. The van der Waals surface area contributed by atoms with E-state index >= 15 is 0 Å². The Kier molecular flexibility index (Phi) is 4.71. The van der Waals surface area contributed by atoms with Crippen molar-refractivity contribution in [1.82, 2.24) is 4.90 Å². The van der Waals surface area contributed by atoms with Crippen molar-refractivity contribution in [1.29, 1.82) is 5.26 Å². The van der Waals surface area contributed by atoms with E-state index in [-0.39, 0.29) is 10.4 Å². The second kappa shape index (κ2) is 6.51. The molecule has 106 valence electrons. The smallest absolute Gasteiger partial charge is 0.253 e. The monoisotopic (exact) mass is 346 g/mol. The lowest BCUT2D eigenvalue weighted by atomic mass is 10.1. The van der Waals surface area contributed by atoms with Crippen molar-refractivity contribution in [3.8, 4) is 6.07 Å². The fourth-order valence-electron chi connectivity index (χ4n) is 1.88. The molecule has 2 rings (SSSR count). The largest absolute Gasteiger partial charge is 0.337 e. The van der Waals surface area contributed by atoms with E-state index in [0.717, 1.165) is 5.56 Å². The summed E-state index contributed by atoms with van der Waals surface area (Å²) in [5, 5.41) is 8.75. The molecule has 5 heteroatoms. The van der Waals surface area contributed by atoms with Crippen molar-refractivity contribution in [3.05, 3.63) is 69.4 Å². The van der Waals surface area contributed by atoms with Crippen LogP contribution in [-0.4, -0.2) is 17.9 Å². The molecular formula is C16H12BrFN2O. The normalized spacial score (nSPS) is 10.0. The van der Waals surface area contributed by atoms with E-state index in [1.807, 2.05) is 18.2 Å². The van der Waals surface area contributed by atoms with Gasteiger partial charge in [0.05, 0.1) is 16.1 Å². The predicted molar refractivity (Wildman–Crippen MR) is 81.1 cm³/mol. The van der Waals surface area contributed by atoms with Gasteiger partial charge in [0.25, 0.3) is 5.91 Å². The van der Waals surface area contributed by atoms with Crippen LogP contribution in [-0.2, 0) is 6.54 Å². The molecule has 0 aliphatic rings. The maximum Gasteiger partial charge on any atom is 0.253 e. The second-order valence-electron chi connectivity index (χ2n) is 4.60. The molecule has 0 spiro atoms. The second-order valence-corrected chi connectivity index (χ2v) is 5.45. The molecule has 0 aliphatic heterocycles. The van der Waals surface area contributed by atoms with Gasteiger partial charge in [-0.2, -0.15) is 5.26 Å². The third-order valence-electron chi connectivity index (χ3n) is 3.02. The minimum atomic E-state index is -0.402. The molecule has 1 amide bonds. The lowest BCUT2D eigenvalue weighted by Crippen LogP contribution is -2.26. The molecule has 0 unspecified atom stereocenters. The maximum absolute atomic E-state index is 13.2. The van der Waals surface area contributed by atoms with Gasteiger partial charge in [0, 0.05) is 19.2 Å². The first-order chi connectivity index (χ1) is 10.0. The van der Waals surface area contributed by atoms with Gasteiger partial charge in [-0.25, -0.2) is 4.39 Å². The Morgan fingerprint density at radius 2 is 1.95 bits per heavy atom. The standard InChI is InChI=1S/C16H12BrFN2O/c1-20(10-12-4-2-11(9-19)3-5-12)16(21)13-6-7-15(18)14(17)8-13/h2-8H,10H2,1H3. The SMILES string of the molecule is CN(Cc1ccc(C#N)cc1)C(=O)c1ccc(F)c(Br)c1. The fourth-order valence-corrected chi connectivity index (χ4v) is 2.26. The zero-order valence-corrected chi connectivity index (χ0v) is 12.9. The lowest BCUT2D eigenvalue weighted by Gasteiger charge is -2.17. The van der Waals surface area contributed by atoms with Crippen LogP contribution in [0.25, 0.3) is 0 Å². The van der Waals surface area contributed by atoms with E-state index in [1.54, 1.807) is 24.1 Å². The Bertz CT molecular complexity index is 707. The summed E-state index contributed by atoms with van der Waals surface area (Å²) in [5.41, 5.74) is 1.92. The number of amides is 1. The van der Waals surface area contributed by atoms with Gasteiger partial charge in [-0.3, -0.25) is 4.79 Å². The Morgan fingerprint density at radius 1 is 1.29 bits per heavy atom. The molecule has 0 atom stereocenters. The van der Waals surface area contributed by atoms with Crippen LogP contribution in [0.15, 0.2) is 46.9 Å². The highest BCUT2D eigenvalue weighted by Gasteiger charge is 2.13. The number of benzene rings is 2. The average molecular weight is 347 g/mol. The van der Waals surface area contributed by atoms with Gasteiger partial charge >= 0.3 is 0 Å². The first kappa shape index (κ1) is 15.2. The summed E-state index contributed by atoms with van der Waals surface area (Å²) in [6.07, 6.45) is 0. The number of rotatable bonds is 3. The van der Waals surface area contributed by atoms with Crippen LogP contribution < -0.4 is 0 Å². The molecule has 2 aromatic rings. The van der Waals surface area contributed by atoms with E-state index in [4.69, 9.17) is 5.26 Å². The highest BCUT2D eigenvalue weighted by atomic mass is 79.9. The quantitative estimate of drug-likeness (QED) is 0.849.